The monoisotopic (exact) mass is 557 g/mol. The predicted octanol–water partition coefficient (Wildman–Crippen LogP) is 4.12. The number of rotatable bonds is 7. The normalized spacial score (nSPS) is 16.1. The van der Waals surface area contributed by atoms with Crippen LogP contribution in [0.15, 0.2) is 64.1 Å². The molecule has 0 spiro atoms. The number of hydrogen-bond acceptors (Lipinski definition) is 5. The Kier molecular flexibility index (Phi) is 7.41. The number of sulfonamides is 1. The van der Waals surface area contributed by atoms with Gasteiger partial charge in [0.15, 0.2) is 0 Å². The molecule has 0 atom stereocenters. The lowest BCUT2D eigenvalue weighted by Crippen LogP contribution is -2.48. The summed E-state index contributed by atoms with van der Waals surface area (Å²) in [5, 5.41) is 8.38. The fourth-order valence-electron chi connectivity index (χ4n) is 3.79. The lowest BCUT2D eigenvalue weighted by atomic mass is 10.2. The smallest absolute Gasteiger partial charge is 0.301 e. The van der Waals surface area contributed by atoms with Crippen LogP contribution < -0.4 is 0 Å². The highest BCUT2D eigenvalue weighted by molar-refractivity contribution is 9.10. The molecule has 1 aliphatic heterocycles. The lowest BCUT2D eigenvalue weighted by molar-refractivity contribution is -0.137. The van der Waals surface area contributed by atoms with Crippen molar-refractivity contribution in [2.75, 3.05) is 32.7 Å². The van der Waals surface area contributed by atoms with Crippen LogP contribution in [0, 0.1) is 0 Å². The van der Waals surface area contributed by atoms with Crippen molar-refractivity contribution in [3.8, 4) is 11.3 Å². The standard InChI is InChI=1S/C22H23BrF3N5O2S/c23-19-7-5-17(6-8-19)21-16-30(28-27-21)10-2-9-29-11-13-31(14-12-29)34(32,33)20-4-1-3-18(15-20)22(24,25)26/h1,3-8,15-16H,2,9-14H2. The van der Waals surface area contributed by atoms with Crippen LogP contribution in [0.4, 0.5) is 13.2 Å². The highest BCUT2D eigenvalue weighted by Crippen LogP contribution is 2.31. The number of alkyl halides is 3. The lowest BCUT2D eigenvalue weighted by Gasteiger charge is -2.34. The Hall–Kier alpha value is -2.28. The first-order valence-electron chi connectivity index (χ1n) is 10.7. The number of halogens is 4. The average molecular weight is 558 g/mol. The Morgan fingerprint density at radius 1 is 0.971 bits per heavy atom. The summed E-state index contributed by atoms with van der Waals surface area (Å²) in [5.41, 5.74) is 0.803. The van der Waals surface area contributed by atoms with Crippen molar-refractivity contribution in [1.82, 2.24) is 24.2 Å². The molecule has 1 fully saturated rings. The Balaban J connectivity index is 1.27. The van der Waals surface area contributed by atoms with Gasteiger partial charge in [-0.15, -0.1) is 5.10 Å². The highest BCUT2D eigenvalue weighted by atomic mass is 79.9. The number of aryl methyl sites for hydroxylation is 1. The third kappa shape index (κ3) is 5.85. The number of piperazine rings is 1. The summed E-state index contributed by atoms with van der Waals surface area (Å²) in [6.45, 7) is 2.92. The molecule has 0 aliphatic carbocycles. The summed E-state index contributed by atoms with van der Waals surface area (Å²) < 4.78 is 68.6. The van der Waals surface area contributed by atoms with Gasteiger partial charge in [0.2, 0.25) is 10.0 Å². The van der Waals surface area contributed by atoms with Gasteiger partial charge in [0.05, 0.1) is 16.7 Å². The molecule has 2 aromatic carbocycles. The molecule has 0 amide bonds. The first kappa shape index (κ1) is 24.8. The van der Waals surface area contributed by atoms with Crippen molar-refractivity contribution in [2.45, 2.75) is 24.0 Å². The van der Waals surface area contributed by atoms with Crippen LogP contribution in [-0.4, -0.2) is 65.3 Å². The minimum absolute atomic E-state index is 0.232. The maximum Gasteiger partial charge on any atom is 0.416 e. The van der Waals surface area contributed by atoms with Gasteiger partial charge in [-0.05, 0) is 36.8 Å². The first-order chi connectivity index (χ1) is 16.1. The van der Waals surface area contributed by atoms with Crippen LogP contribution in [0.5, 0.6) is 0 Å². The highest BCUT2D eigenvalue weighted by Gasteiger charge is 2.33. The number of aromatic nitrogens is 3. The van der Waals surface area contributed by atoms with Gasteiger partial charge in [-0.3, -0.25) is 4.68 Å². The third-order valence-electron chi connectivity index (χ3n) is 5.67. The second kappa shape index (κ2) is 10.1. The van der Waals surface area contributed by atoms with E-state index in [9.17, 15) is 21.6 Å². The van der Waals surface area contributed by atoms with E-state index in [4.69, 9.17) is 0 Å². The molecule has 12 heteroatoms. The summed E-state index contributed by atoms with van der Waals surface area (Å²) in [6, 6.07) is 11.7. The molecule has 0 unspecified atom stereocenters. The molecule has 1 saturated heterocycles. The molecule has 3 aromatic rings. The van der Waals surface area contributed by atoms with E-state index in [0.717, 1.165) is 40.8 Å². The van der Waals surface area contributed by atoms with Crippen molar-refractivity contribution >= 4 is 26.0 Å². The SMILES string of the molecule is O=S(=O)(c1cccc(C(F)(F)F)c1)N1CCN(CCCn2cc(-c3ccc(Br)cc3)nn2)CC1. The molecule has 34 heavy (non-hydrogen) atoms. The summed E-state index contributed by atoms with van der Waals surface area (Å²) >= 11 is 3.41. The minimum Gasteiger partial charge on any atom is -0.301 e. The van der Waals surface area contributed by atoms with E-state index in [-0.39, 0.29) is 18.0 Å². The van der Waals surface area contributed by atoms with E-state index in [0.29, 0.717) is 25.7 Å². The second-order valence-electron chi connectivity index (χ2n) is 8.00. The van der Waals surface area contributed by atoms with E-state index < -0.39 is 21.8 Å². The Morgan fingerprint density at radius 2 is 1.68 bits per heavy atom. The van der Waals surface area contributed by atoms with E-state index in [1.807, 2.05) is 30.5 Å². The molecular weight excluding hydrogens is 535 g/mol. The largest absolute Gasteiger partial charge is 0.416 e. The van der Waals surface area contributed by atoms with Gasteiger partial charge in [-0.25, -0.2) is 8.42 Å². The van der Waals surface area contributed by atoms with Crippen LogP contribution in [0.25, 0.3) is 11.3 Å². The van der Waals surface area contributed by atoms with Crippen molar-refractivity contribution in [3.63, 3.8) is 0 Å². The topological polar surface area (TPSA) is 71.3 Å². The van der Waals surface area contributed by atoms with Crippen LogP contribution in [0.1, 0.15) is 12.0 Å². The molecule has 0 saturated carbocycles. The first-order valence-corrected chi connectivity index (χ1v) is 12.9. The predicted molar refractivity (Wildman–Crippen MR) is 124 cm³/mol. The van der Waals surface area contributed by atoms with Gasteiger partial charge in [-0.2, -0.15) is 17.5 Å². The molecule has 7 nitrogen and oxygen atoms in total. The summed E-state index contributed by atoms with van der Waals surface area (Å²) in [7, 11) is -3.98. The van der Waals surface area contributed by atoms with Crippen LogP contribution in [0.2, 0.25) is 0 Å². The van der Waals surface area contributed by atoms with Crippen molar-refractivity contribution in [2.24, 2.45) is 0 Å². The molecule has 182 valence electrons. The Bertz CT molecular complexity index is 1220. The van der Waals surface area contributed by atoms with Gasteiger partial charge < -0.3 is 4.90 Å². The second-order valence-corrected chi connectivity index (χ2v) is 10.9. The van der Waals surface area contributed by atoms with Crippen LogP contribution in [0.3, 0.4) is 0 Å². The molecule has 0 bridgehead atoms. The molecule has 0 N–H and O–H groups in total. The Morgan fingerprint density at radius 3 is 2.35 bits per heavy atom. The quantitative estimate of drug-likeness (QED) is 0.437. The zero-order valence-electron chi connectivity index (χ0n) is 18.1. The molecule has 1 aromatic heterocycles. The molecule has 0 radical (unpaired) electrons. The number of benzene rings is 2. The van der Waals surface area contributed by atoms with Gasteiger partial charge in [0, 0.05) is 49.3 Å². The van der Waals surface area contributed by atoms with Crippen molar-refractivity contribution in [3.05, 3.63) is 64.8 Å². The number of nitrogens with zero attached hydrogens (tertiary/aromatic N) is 5. The van der Waals surface area contributed by atoms with E-state index in [1.165, 1.54) is 10.4 Å². The molecule has 4 rings (SSSR count). The average Bonchev–Trinajstić information content (AvgIpc) is 3.28. The third-order valence-corrected chi connectivity index (χ3v) is 8.09. The van der Waals surface area contributed by atoms with Gasteiger partial charge in [-0.1, -0.05) is 39.3 Å². The minimum atomic E-state index is -4.59. The van der Waals surface area contributed by atoms with Gasteiger partial charge >= 0.3 is 6.18 Å². The maximum atomic E-state index is 13.0. The van der Waals surface area contributed by atoms with E-state index in [1.54, 1.807) is 4.68 Å². The molecule has 2 heterocycles. The Labute approximate surface area is 204 Å². The van der Waals surface area contributed by atoms with Crippen LogP contribution >= 0.6 is 15.9 Å². The maximum absolute atomic E-state index is 13.0. The fourth-order valence-corrected chi connectivity index (χ4v) is 5.53. The van der Waals surface area contributed by atoms with Gasteiger partial charge in [0.25, 0.3) is 0 Å². The van der Waals surface area contributed by atoms with Crippen molar-refractivity contribution in [1.29, 1.82) is 0 Å². The van der Waals surface area contributed by atoms with Crippen LogP contribution in [-0.2, 0) is 22.7 Å². The molecular formula is C22H23BrF3N5O2S. The van der Waals surface area contributed by atoms with Crippen molar-refractivity contribution < 1.29 is 21.6 Å². The molecule has 1 aliphatic rings. The van der Waals surface area contributed by atoms with E-state index in [2.05, 4.69) is 31.1 Å². The summed E-state index contributed by atoms with van der Waals surface area (Å²) in [6.07, 6.45) is -1.89. The fraction of sp³-hybridized carbons (Fsp3) is 0.364. The summed E-state index contributed by atoms with van der Waals surface area (Å²) in [5.74, 6) is 0. The summed E-state index contributed by atoms with van der Waals surface area (Å²) in [4.78, 5) is 1.81. The van der Waals surface area contributed by atoms with Gasteiger partial charge in [0.1, 0.15) is 5.69 Å². The van der Waals surface area contributed by atoms with E-state index >= 15 is 0 Å². The zero-order chi connectivity index (χ0) is 24.3. The number of hydrogen-bond donors (Lipinski definition) is 0. The zero-order valence-corrected chi connectivity index (χ0v) is 20.5.